The van der Waals surface area contributed by atoms with Gasteiger partial charge in [-0.1, -0.05) is 127 Å². The van der Waals surface area contributed by atoms with Gasteiger partial charge < -0.3 is 4.42 Å². The van der Waals surface area contributed by atoms with Crippen molar-refractivity contribution in [3.05, 3.63) is 170 Å². The van der Waals surface area contributed by atoms with Crippen molar-refractivity contribution < 1.29 is 4.42 Å². The fourth-order valence-corrected chi connectivity index (χ4v) is 7.27. The maximum absolute atomic E-state index is 6.47. The molecule has 0 saturated carbocycles. The minimum atomic E-state index is 0.704. The SMILES string of the molecule is c1ccc(-c2cc(-c3ccc4oc5cc(-c6ccc7c8ccccc8c8ccccc8c7c6)ccc5c4c3)nc(-c3ccccc3)n2)cc1. The zero-order valence-corrected chi connectivity index (χ0v) is 26.5. The van der Waals surface area contributed by atoms with E-state index in [-0.39, 0.29) is 0 Å². The van der Waals surface area contributed by atoms with Crippen LogP contribution in [0.5, 0.6) is 0 Å². The highest BCUT2D eigenvalue weighted by Gasteiger charge is 2.15. The number of benzene rings is 8. The summed E-state index contributed by atoms with van der Waals surface area (Å²) in [6.45, 7) is 0. The average Bonchev–Trinajstić information content (AvgIpc) is 3.55. The molecule has 228 valence electrons. The molecular weight excluding hydrogens is 597 g/mol. The van der Waals surface area contributed by atoms with Gasteiger partial charge in [-0.05, 0) is 85.9 Å². The van der Waals surface area contributed by atoms with Gasteiger partial charge in [0, 0.05) is 27.5 Å². The monoisotopic (exact) mass is 624 g/mol. The van der Waals surface area contributed by atoms with Gasteiger partial charge in [0.25, 0.3) is 0 Å². The van der Waals surface area contributed by atoms with Gasteiger partial charge in [0.1, 0.15) is 11.2 Å². The molecule has 0 radical (unpaired) electrons. The van der Waals surface area contributed by atoms with Crippen LogP contribution in [0, 0.1) is 0 Å². The van der Waals surface area contributed by atoms with E-state index in [1.807, 2.05) is 36.4 Å². The molecule has 0 amide bonds. The van der Waals surface area contributed by atoms with Crippen LogP contribution in [0.2, 0.25) is 0 Å². The van der Waals surface area contributed by atoms with Crippen molar-refractivity contribution in [1.82, 2.24) is 9.97 Å². The van der Waals surface area contributed by atoms with E-state index >= 15 is 0 Å². The Hall–Kier alpha value is -6.58. The van der Waals surface area contributed by atoms with Gasteiger partial charge in [0.2, 0.25) is 0 Å². The Morgan fingerprint density at radius 1 is 0.286 bits per heavy atom. The lowest BCUT2D eigenvalue weighted by atomic mass is 9.92. The molecule has 49 heavy (non-hydrogen) atoms. The van der Waals surface area contributed by atoms with Gasteiger partial charge in [0.05, 0.1) is 11.4 Å². The van der Waals surface area contributed by atoms with Crippen LogP contribution in [0.15, 0.2) is 174 Å². The van der Waals surface area contributed by atoms with Crippen LogP contribution < -0.4 is 0 Å². The fourth-order valence-electron chi connectivity index (χ4n) is 7.27. The van der Waals surface area contributed by atoms with Gasteiger partial charge in [-0.25, -0.2) is 9.97 Å². The van der Waals surface area contributed by atoms with Gasteiger partial charge in [-0.2, -0.15) is 0 Å². The number of aromatic nitrogens is 2. The molecule has 3 heteroatoms. The molecule has 0 aliphatic heterocycles. The second-order valence-corrected chi connectivity index (χ2v) is 12.6. The molecule has 3 nitrogen and oxygen atoms in total. The van der Waals surface area contributed by atoms with Gasteiger partial charge in [-0.15, -0.1) is 0 Å². The standard InChI is InChI=1S/C46H28N2O/c1-3-11-29(12-4-1)42-28-43(48-46(47-42)30-13-5-2-6-14-30)33-21-24-44-41(26-33)39-23-20-32(27-45(39)49-44)31-19-22-38-36-17-8-7-15-34(36)35-16-9-10-18-37(35)40(38)25-31/h1-28H. The summed E-state index contributed by atoms with van der Waals surface area (Å²) >= 11 is 0. The van der Waals surface area contributed by atoms with E-state index in [0.717, 1.165) is 55.6 Å². The third-order valence-corrected chi connectivity index (χ3v) is 9.67. The van der Waals surface area contributed by atoms with Crippen molar-refractivity contribution in [2.75, 3.05) is 0 Å². The number of furan rings is 1. The summed E-state index contributed by atoms with van der Waals surface area (Å²) in [6.07, 6.45) is 0. The molecule has 0 aliphatic carbocycles. The molecule has 0 aliphatic rings. The number of nitrogens with zero attached hydrogens (tertiary/aromatic N) is 2. The first-order valence-corrected chi connectivity index (χ1v) is 16.6. The minimum absolute atomic E-state index is 0.704. The highest BCUT2D eigenvalue weighted by atomic mass is 16.3. The van der Waals surface area contributed by atoms with Crippen molar-refractivity contribution in [2.24, 2.45) is 0 Å². The molecule has 8 aromatic carbocycles. The highest BCUT2D eigenvalue weighted by Crippen LogP contribution is 2.39. The third kappa shape index (κ3) is 4.59. The fraction of sp³-hybridized carbons (Fsp3) is 0. The normalized spacial score (nSPS) is 11.7. The topological polar surface area (TPSA) is 38.9 Å². The Kier molecular flexibility index (Phi) is 6.18. The first-order chi connectivity index (χ1) is 24.3. The Labute approximate surface area is 282 Å². The van der Waals surface area contributed by atoms with E-state index in [0.29, 0.717) is 5.82 Å². The minimum Gasteiger partial charge on any atom is -0.456 e. The molecule has 0 bridgehead atoms. The van der Waals surface area contributed by atoms with E-state index in [2.05, 4.69) is 133 Å². The van der Waals surface area contributed by atoms with Crippen molar-refractivity contribution in [3.63, 3.8) is 0 Å². The number of fused-ring (bicyclic) bond motifs is 9. The highest BCUT2D eigenvalue weighted by molar-refractivity contribution is 6.25. The van der Waals surface area contributed by atoms with E-state index in [9.17, 15) is 0 Å². The maximum Gasteiger partial charge on any atom is 0.160 e. The summed E-state index contributed by atoms with van der Waals surface area (Å²) in [5, 5.41) is 9.79. The van der Waals surface area contributed by atoms with Crippen LogP contribution in [0.4, 0.5) is 0 Å². The van der Waals surface area contributed by atoms with E-state index in [4.69, 9.17) is 14.4 Å². The number of hydrogen-bond donors (Lipinski definition) is 0. The zero-order valence-electron chi connectivity index (χ0n) is 26.5. The van der Waals surface area contributed by atoms with Gasteiger partial charge in [0.15, 0.2) is 5.82 Å². The van der Waals surface area contributed by atoms with Crippen molar-refractivity contribution in [1.29, 1.82) is 0 Å². The van der Waals surface area contributed by atoms with Crippen molar-refractivity contribution >= 4 is 54.3 Å². The molecule has 0 spiro atoms. The lowest BCUT2D eigenvalue weighted by Gasteiger charge is -2.12. The molecule has 2 aromatic heterocycles. The molecule has 0 fully saturated rings. The summed E-state index contributed by atoms with van der Waals surface area (Å²) < 4.78 is 6.47. The smallest absolute Gasteiger partial charge is 0.160 e. The summed E-state index contributed by atoms with van der Waals surface area (Å²) in [5.74, 6) is 0.704. The zero-order chi connectivity index (χ0) is 32.3. The molecule has 0 saturated heterocycles. The predicted molar refractivity (Wildman–Crippen MR) is 204 cm³/mol. The maximum atomic E-state index is 6.47. The second kappa shape index (κ2) is 11.0. The largest absolute Gasteiger partial charge is 0.456 e. The second-order valence-electron chi connectivity index (χ2n) is 12.6. The summed E-state index contributed by atoms with van der Waals surface area (Å²) in [6, 6.07) is 59.7. The van der Waals surface area contributed by atoms with Crippen LogP contribution in [0.25, 0.3) is 99.3 Å². The molecule has 0 N–H and O–H groups in total. The molecule has 0 unspecified atom stereocenters. The molecule has 2 heterocycles. The van der Waals surface area contributed by atoms with Crippen molar-refractivity contribution in [3.8, 4) is 45.0 Å². The van der Waals surface area contributed by atoms with Crippen molar-refractivity contribution in [2.45, 2.75) is 0 Å². The first kappa shape index (κ1) is 27.5. The van der Waals surface area contributed by atoms with Crippen LogP contribution in [0.1, 0.15) is 0 Å². The third-order valence-electron chi connectivity index (χ3n) is 9.67. The Morgan fingerprint density at radius 3 is 1.45 bits per heavy atom. The molecular formula is C46H28N2O. The lowest BCUT2D eigenvalue weighted by molar-refractivity contribution is 0.669. The molecule has 0 atom stereocenters. The van der Waals surface area contributed by atoms with E-state index in [1.165, 1.54) is 37.9 Å². The molecule has 10 rings (SSSR count). The summed E-state index contributed by atoms with van der Waals surface area (Å²) in [7, 11) is 0. The van der Waals surface area contributed by atoms with Crippen LogP contribution >= 0.6 is 0 Å². The number of hydrogen-bond acceptors (Lipinski definition) is 3. The quantitative estimate of drug-likeness (QED) is 0.183. The van der Waals surface area contributed by atoms with E-state index < -0.39 is 0 Å². The van der Waals surface area contributed by atoms with Gasteiger partial charge in [-0.3, -0.25) is 0 Å². The van der Waals surface area contributed by atoms with Crippen LogP contribution in [-0.2, 0) is 0 Å². The Bertz CT molecular complexity index is 2780. The van der Waals surface area contributed by atoms with E-state index in [1.54, 1.807) is 0 Å². The average molecular weight is 625 g/mol. The summed E-state index contributed by atoms with van der Waals surface area (Å²) in [4.78, 5) is 10.0. The van der Waals surface area contributed by atoms with Crippen LogP contribution in [-0.4, -0.2) is 9.97 Å². The first-order valence-electron chi connectivity index (χ1n) is 16.6. The van der Waals surface area contributed by atoms with Crippen LogP contribution in [0.3, 0.4) is 0 Å². The Morgan fingerprint density at radius 2 is 0.776 bits per heavy atom. The number of rotatable bonds is 4. The molecule has 10 aromatic rings. The summed E-state index contributed by atoms with van der Waals surface area (Å²) in [5.41, 5.74) is 8.83. The Balaban J connectivity index is 1.09. The van der Waals surface area contributed by atoms with Gasteiger partial charge >= 0.3 is 0 Å². The predicted octanol–water partition coefficient (Wildman–Crippen LogP) is 12.5. The lowest BCUT2D eigenvalue weighted by Crippen LogP contribution is -1.95.